The van der Waals surface area contributed by atoms with Crippen LogP contribution in [0.15, 0.2) is 6.20 Å². The quantitative estimate of drug-likeness (QED) is 0.805. The van der Waals surface area contributed by atoms with Crippen LogP contribution in [0, 0.1) is 6.92 Å². The van der Waals surface area contributed by atoms with E-state index in [-0.39, 0.29) is 6.10 Å². The molecule has 0 saturated heterocycles. The standard InChI is InChI=1S/C18H25ClN6O2/c1-11-15-17(24-25(11)12-6-4-3-5-7-12)27-10-13(26-2)8-20-16-14(19)9-21-18(22-15)23-16/h9,12-13H,3-8,10H2,1-2H3,(H2,20,21,22,23). The topological polar surface area (TPSA) is 86.1 Å². The van der Waals surface area contributed by atoms with Crippen LogP contribution in [0.5, 0.6) is 5.88 Å². The lowest BCUT2D eigenvalue weighted by molar-refractivity contribution is 0.0654. The molecule has 3 heterocycles. The van der Waals surface area contributed by atoms with Crippen LogP contribution in [-0.2, 0) is 4.74 Å². The fourth-order valence-electron chi connectivity index (χ4n) is 3.67. The predicted octanol–water partition coefficient (Wildman–Crippen LogP) is 3.70. The van der Waals surface area contributed by atoms with Crippen LogP contribution in [0.2, 0.25) is 5.02 Å². The fourth-order valence-corrected chi connectivity index (χ4v) is 3.83. The van der Waals surface area contributed by atoms with Crippen molar-refractivity contribution < 1.29 is 9.47 Å². The van der Waals surface area contributed by atoms with E-state index >= 15 is 0 Å². The maximum Gasteiger partial charge on any atom is 0.257 e. The van der Waals surface area contributed by atoms with Crippen LogP contribution in [0.1, 0.15) is 43.8 Å². The van der Waals surface area contributed by atoms with Crippen LogP contribution in [-0.4, -0.2) is 46.1 Å². The largest absolute Gasteiger partial charge is 0.472 e. The number of methoxy groups -OCH3 is 1. The highest BCUT2D eigenvalue weighted by atomic mass is 35.5. The van der Waals surface area contributed by atoms with Crippen molar-refractivity contribution in [2.24, 2.45) is 0 Å². The number of fused-ring (bicyclic) bond motifs is 3. The summed E-state index contributed by atoms with van der Waals surface area (Å²) in [6.45, 7) is 2.95. The number of nitrogens with one attached hydrogen (secondary N) is 2. The van der Waals surface area contributed by atoms with Gasteiger partial charge in [-0.05, 0) is 19.8 Å². The Morgan fingerprint density at radius 1 is 1.30 bits per heavy atom. The lowest BCUT2D eigenvalue weighted by Crippen LogP contribution is -2.29. The summed E-state index contributed by atoms with van der Waals surface area (Å²) in [5.74, 6) is 1.58. The Bertz CT molecular complexity index is 805. The van der Waals surface area contributed by atoms with Gasteiger partial charge in [-0.25, -0.2) is 4.98 Å². The molecule has 0 radical (unpaired) electrons. The molecule has 0 aromatic carbocycles. The first-order valence-electron chi connectivity index (χ1n) is 9.44. The molecular weight excluding hydrogens is 368 g/mol. The van der Waals surface area contributed by atoms with Gasteiger partial charge in [0.05, 0.1) is 17.9 Å². The molecule has 27 heavy (non-hydrogen) atoms. The van der Waals surface area contributed by atoms with Gasteiger partial charge in [0.2, 0.25) is 5.95 Å². The van der Waals surface area contributed by atoms with Gasteiger partial charge in [-0.3, -0.25) is 4.68 Å². The monoisotopic (exact) mass is 392 g/mol. The Morgan fingerprint density at radius 2 is 2.11 bits per heavy atom. The molecule has 2 aromatic rings. The molecule has 146 valence electrons. The number of hydrogen-bond donors (Lipinski definition) is 2. The molecule has 2 aliphatic rings. The van der Waals surface area contributed by atoms with E-state index in [9.17, 15) is 0 Å². The Kier molecular flexibility index (Phi) is 5.36. The Hall–Kier alpha value is -2.06. The highest BCUT2D eigenvalue weighted by Crippen LogP contribution is 2.36. The summed E-state index contributed by atoms with van der Waals surface area (Å²) >= 11 is 6.22. The Morgan fingerprint density at radius 3 is 2.89 bits per heavy atom. The minimum absolute atomic E-state index is 0.162. The van der Waals surface area contributed by atoms with Gasteiger partial charge in [0.25, 0.3) is 5.88 Å². The minimum Gasteiger partial charge on any atom is -0.472 e. The number of ether oxygens (including phenoxy) is 2. The summed E-state index contributed by atoms with van der Waals surface area (Å²) < 4.78 is 13.6. The maximum absolute atomic E-state index is 6.22. The average Bonchev–Trinajstić information content (AvgIpc) is 2.99. The molecule has 0 spiro atoms. The molecule has 4 rings (SSSR count). The third kappa shape index (κ3) is 3.82. The number of nitrogens with zero attached hydrogens (tertiary/aromatic N) is 4. The first-order chi connectivity index (χ1) is 13.2. The van der Waals surface area contributed by atoms with E-state index in [4.69, 9.17) is 26.2 Å². The molecule has 1 aliphatic carbocycles. The third-order valence-electron chi connectivity index (χ3n) is 5.26. The van der Waals surface area contributed by atoms with E-state index in [0.717, 1.165) is 24.2 Å². The van der Waals surface area contributed by atoms with Crippen LogP contribution < -0.4 is 15.4 Å². The molecule has 2 bridgehead atoms. The smallest absolute Gasteiger partial charge is 0.257 e. The molecule has 1 aliphatic heterocycles. The van der Waals surface area contributed by atoms with E-state index in [0.29, 0.717) is 41.9 Å². The predicted molar refractivity (Wildman–Crippen MR) is 104 cm³/mol. The number of hydrogen-bond acceptors (Lipinski definition) is 7. The summed E-state index contributed by atoms with van der Waals surface area (Å²) in [6, 6.07) is 0.408. The Labute approximate surface area is 163 Å². The van der Waals surface area contributed by atoms with Gasteiger partial charge < -0.3 is 20.1 Å². The summed E-state index contributed by atoms with van der Waals surface area (Å²) in [6.07, 6.45) is 7.50. The van der Waals surface area contributed by atoms with Crippen molar-refractivity contribution in [3.8, 4) is 5.88 Å². The van der Waals surface area contributed by atoms with Crippen molar-refractivity contribution >= 4 is 29.1 Å². The average molecular weight is 393 g/mol. The van der Waals surface area contributed by atoms with Crippen molar-refractivity contribution in [3.63, 3.8) is 0 Å². The summed E-state index contributed by atoms with van der Waals surface area (Å²) in [5.41, 5.74) is 1.82. The van der Waals surface area contributed by atoms with Gasteiger partial charge in [-0.2, -0.15) is 4.98 Å². The molecule has 2 aromatic heterocycles. The van der Waals surface area contributed by atoms with Crippen LogP contribution in [0.4, 0.5) is 17.5 Å². The van der Waals surface area contributed by atoms with Gasteiger partial charge in [-0.15, -0.1) is 5.10 Å². The molecule has 9 heteroatoms. The van der Waals surface area contributed by atoms with E-state index in [1.165, 1.54) is 19.3 Å². The van der Waals surface area contributed by atoms with Crippen LogP contribution in [0.3, 0.4) is 0 Å². The Balaban J connectivity index is 1.72. The van der Waals surface area contributed by atoms with E-state index in [2.05, 4.69) is 32.2 Å². The molecule has 8 nitrogen and oxygen atoms in total. The molecule has 2 N–H and O–H groups in total. The molecule has 0 amide bonds. The van der Waals surface area contributed by atoms with Crippen molar-refractivity contribution in [1.82, 2.24) is 19.7 Å². The lowest BCUT2D eigenvalue weighted by atomic mass is 9.95. The van der Waals surface area contributed by atoms with E-state index in [1.54, 1.807) is 13.3 Å². The maximum atomic E-state index is 6.22. The first kappa shape index (κ1) is 18.3. The van der Waals surface area contributed by atoms with Crippen LogP contribution in [0.25, 0.3) is 0 Å². The van der Waals surface area contributed by atoms with Gasteiger partial charge in [-0.1, -0.05) is 30.9 Å². The summed E-state index contributed by atoms with van der Waals surface area (Å²) in [4.78, 5) is 8.79. The second-order valence-electron chi connectivity index (χ2n) is 7.07. The third-order valence-corrected chi connectivity index (χ3v) is 5.53. The zero-order valence-electron chi connectivity index (χ0n) is 15.7. The van der Waals surface area contributed by atoms with E-state index in [1.807, 2.05) is 0 Å². The highest BCUT2D eigenvalue weighted by molar-refractivity contribution is 6.32. The van der Waals surface area contributed by atoms with Gasteiger partial charge in [0.1, 0.15) is 23.4 Å². The zero-order chi connectivity index (χ0) is 18.8. The number of halogens is 1. The normalized spacial score (nSPS) is 20.6. The molecular formula is C18H25ClN6O2. The van der Waals surface area contributed by atoms with Crippen molar-refractivity contribution in [2.45, 2.75) is 51.2 Å². The highest BCUT2D eigenvalue weighted by Gasteiger charge is 2.25. The van der Waals surface area contributed by atoms with Gasteiger partial charge >= 0.3 is 0 Å². The summed E-state index contributed by atoms with van der Waals surface area (Å²) in [5, 5.41) is 11.7. The summed E-state index contributed by atoms with van der Waals surface area (Å²) in [7, 11) is 1.66. The molecule has 1 unspecified atom stereocenters. The number of aromatic nitrogens is 4. The second kappa shape index (κ2) is 7.90. The second-order valence-corrected chi connectivity index (χ2v) is 7.47. The van der Waals surface area contributed by atoms with Gasteiger partial charge in [0, 0.05) is 13.7 Å². The van der Waals surface area contributed by atoms with Gasteiger partial charge in [0.15, 0.2) is 5.82 Å². The first-order valence-corrected chi connectivity index (χ1v) is 9.81. The molecule has 1 atom stereocenters. The number of anilines is 3. The van der Waals surface area contributed by atoms with Crippen molar-refractivity contribution in [3.05, 3.63) is 16.9 Å². The van der Waals surface area contributed by atoms with Crippen molar-refractivity contribution in [1.29, 1.82) is 0 Å². The number of rotatable bonds is 2. The van der Waals surface area contributed by atoms with Crippen LogP contribution >= 0.6 is 11.6 Å². The molecule has 1 fully saturated rings. The zero-order valence-corrected chi connectivity index (χ0v) is 16.4. The van der Waals surface area contributed by atoms with Crippen molar-refractivity contribution in [2.75, 3.05) is 30.9 Å². The minimum atomic E-state index is -0.162. The molecule has 1 saturated carbocycles. The SMILES string of the molecule is COC1CNc2nc(ncc2Cl)Nc2c(nn(C3CCCCC3)c2C)OC1. The fraction of sp³-hybridized carbons (Fsp3) is 0.611. The lowest BCUT2D eigenvalue weighted by Gasteiger charge is -2.23. The van der Waals surface area contributed by atoms with E-state index < -0.39 is 0 Å².